The average Bonchev–Trinajstić information content (AvgIpc) is 2.71. The third-order valence-corrected chi connectivity index (χ3v) is 8.25. The van der Waals surface area contributed by atoms with Crippen molar-refractivity contribution in [3.63, 3.8) is 0 Å². The van der Waals surface area contributed by atoms with Crippen LogP contribution in [0.25, 0.3) is 0 Å². The van der Waals surface area contributed by atoms with E-state index in [1.165, 1.54) is 38.3 Å². The first-order valence-electron chi connectivity index (χ1n) is 8.09. The summed E-state index contributed by atoms with van der Waals surface area (Å²) < 4.78 is 20.5. The molecule has 2 aromatic rings. The fourth-order valence-corrected chi connectivity index (χ4v) is 6.82. The zero-order valence-electron chi connectivity index (χ0n) is 16.6. The maximum Gasteiger partial charge on any atom is 0.208 e. The van der Waals surface area contributed by atoms with E-state index >= 15 is 0 Å². The first-order valence-corrected chi connectivity index (χ1v) is 11.6. The van der Waals surface area contributed by atoms with Gasteiger partial charge in [-0.05, 0) is 45.3 Å². The van der Waals surface area contributed by atoms with Gasteiger partial charge < -0.3 is 39.4 Å². The van der Waals surface area contributed by atoms with E-state index < -0.39 is 0 Å². The third-order valence-electron chi connectivity index (χ3n) is 4.15. The van der Waals surface area contributed by atoms with E-state index in [9.17, 15) is 20.4 Å². The summed E-state index contributed by atoms with van der Waals surface area (Å²) in [5.74, 6) is -0.498. The van der Waals surface area contributed by atoms with Gasteiger partial charge in [0.1, 0.15) is 0 Å². The smallest absolute Gasteiger partial charge is 0.208 e. The van der Waals surface area contributed by atoms with Crippen molar-refractivity contribution in [3.05, 3.63) is 11.1 Å². The largest absolute Gasteiger partial charge is 0.504 e. The van der Waals surface area contributed by atoms with Crippen LogP contribution in [-0.4, -0.2) is 48.9 Å². The second-order valence-corrected chi connectivity index (χ2v) is 9.59. The Balaban J connectivity index is 2.37. The van der Waals surface area contributed by atoms with Gasteiger partial charge in [-0.1, -0.05) is 0 Å². The van der Waals surface area contributed by atoms with Gasteiger partial charge >= 0.3 is 0 Å². The van der Waals surface area contributed by atoms with Crippen molar-refractivity contribution in [1.82, 2.24) is 0 Å². The molecular formula is C18H22O8S3. The lowest BCUT2D eigenvalue weighted by Gasteiger charge is -2.18. The molecule has 0 unspecified atom stereocenters. The molecule has 4 N–H and O–H groups in total. The highest BCUT2D eigenvalue weighted by molar-refractivity contribution is 9.09. The van der Waals surface area contributed by atoms with Crippen LogP contribution in [0.5, 0.6) is 46.0 Å². The molecular weight excluding hydrogens is 440 g/mol. The molecule has 0 fully saturated rings. The van der Waals surface area contributed by atoms with E-state index in [2.05, 4.69) is 0 Å². The lowest BCUT2D eigenvalue weighted by atomic mass is 10.1. The summed E-state index contributed by atoms with van der Waals surface area (Å²) in [4.78, 5) is 0.749. The number of hydrogen-bond donors (Lipinski definition) is 4. The van der Waals surface area contributed by atoms with E-state index in [0.29, 0.717) is 20.9 Å². The number of methoxy groups -OCH3 is 4. The molecule has 2 rings (SSSR count). The summed E-state index contributed by atoms with van der Waals surface area (Å²) in [7, 11) is 8.94. The quantitative estimate of drug-likeness (QED) is 0.325. The van der Waals surface area contributed by atoms with Gasteiger partial charge in [0.25, 0.3) is 0 Å². The molecule has 0 saturated heterocycles. The summed E-state index contributed by atoms with van der Waals surface area (Å²) in [6.45, 7) is 3.27. The monoisotopic (exact) mass is 462 g/mol. The Kier molecular flexibility index (Phi) is 7.66. The van der Waals surface area contributed by atoms with Crippen LogP contribution >= 0.6 is 31.4 Å². The Morgan fingerprint density at radius 1 is 0.517 bits per heavy atom. The summed E-state index contributed by atoms with van der Waals surface area (Å²) in [6, 6.07) is 0. The molecule has 11 heteroatoms. The van der Waals surface area contributed by atoms with E-state index in [1.807, 2.05) is 0 Å². The Labute approximate surface area is 179 Å². The van der Waals surface area contributed by atoms with Crippen molar-refractivity contribution in [2.75, 3.05) is 28.4 Å². The van der Waals surface area contributed by atoms with Gasteiger partial charge in [-0.3, -0.25) is 0 Å². The molecule has 0 aromatic heterocycles. The van der Waals surface area contributed by atoms with Crippen molar-refractivity contribution in [3.8, 4) is 46.0 Å². The minimum atomic E-state index is -0.172. The molecule has 0 radical (unpaired) electrons. The first kappa shape index (κ1) is 23.2. The topological polar surface area (TPSA) is 118 Å². The maximum absolute atomic E-state index is 10.5. The molecule has 29 heavy (non-hydrogen) atoms. The molecule has 0 bridgehead atoms. The lowest BCUT2D eigenvalue weighted by Crippen LogP contribution is -1.95. The van der Waals surface area contributed by atoms with Crippen LogP contribution in [0.3, 0.4) is 0 Å². The highest BCUT2D eigenvalue weighted by atomic mass is 33.5. The molecule has 8 nitrogen and oxygen atoms in total. The van der Waals surface area contributed by atoms with Crippen LogP contribution in [0.4, 0.5) is 0 Å². The molecule has 0 saturated carbocycles. The van der Waals surface area contributed by atoms with Gasteiger partial charge in [0, 0.05) is 11.1 Å². The predicted molar refractivity (Wildman–Crippen MR) is 115 cm³/mol. The molecule has 0 aliphatic rings. The molecule has 0 aliphatic carbocycles. The van der Waals surface area contributed by atoms with Gasteiger partial charge in [-0.15, -0.1) is 0 Å². The summed E-state index contributed by atoms with van der Waals surface area (Å²) in [5.41, 5.74) is 0.823. The minimum Gasteiger partial charge on any atom is -0.504 e. The molecule has 0 heterocycles. The van der Waals surface area contributed by atoms with Gasteiger partial charge in [-0.2, -0.15) is 0 Å². The van der Waals surface area contributed by atoms with Crippen molar-refractivity contribution < 1.29 is 39.4 Å². The van der Waals surface area contributed by atoms with Crippen LogP contribution in [0.2, 0.25) is 0 Å². The Bertz CT molecular complexity index is 844. The van der Waals surface area contributed by atoms with Gasteiger partial charge in [0.15, 0.2) is 23.0 Å². The molecule has 0 spiro atoms. The zero-order valence-corrected chi connectivity index (χ0v) is 19.1. The number of aromatic hydroxyl groups is 4. The van der Waals surface area contributed by atoms with Crippen LogP contribution in [0, 0.1) is 13.8 Å². The molecule has 0 amide bonds. The highest BCUT2D eigenvalue weighted by Crippen LogP contribution is 2.59. The molecule has 0 atom stereocenters. The third kappa shape index (κ3) is 4.12. The number of phenolic OH excluding ortho intramolecular Hbond substituents is 4. The predicted octanol–water partition coefficient (Wildman–Crippen LogP) is 4.61. The molecule has 160 valence electrons. The van der Waals surface area contributed by atoms with E-state index in [4.69, 9.17) is 18.9 Å². The Hall–Kier alpha value is -2.11. The van der Waals surface area contributed by atoms with Crippen molar-refractivity contribution in [2.45, 2.75) is 23.6 Å². The van der Waals surface area contributed by atoms with E-state index in [0.717, 1.165) is 21.6 Å². The second-order valence-electron chi connectivity index (χ2n) is 5.67. The maximum atomic E-state index is 10.5. The van der Waals surface area contributed by atoms with Gasteiger partial charge in [0.05, 0.1) is 38.2 Å². The van der Waals surface area contributed by atoms with Crippen molar-refractivity contribution in [2.24, 2.45) is 0 Å². The SMILES string of the molecule is COc1c(O)c(C)c(SSSc2c(C)c(O)c(OC)c(OC)c2O)c(O)c1OC. The Morgan fingerprint density at radius 3 is 1.07 bits per heavy atom. The number of benzene rings is 2. The summed E-state index contributed by atoms with van der Waals surface area (Å²) in [5, 5.41) is 41.7. The van der Waals surface area contributed by atoms with Crippen LogP contribution < -0.4 is 18.9 Å². The average molecular weight is 463 g/mol. The fraction of sp³-hybridized carbons (Fsp3) is 0.333. The summed E-state index contributed by atoms with van der Waals surface area (Å²) >= 11 is 0. The fourth-order valence-electron chi connectivity index (χ4n) is 2.59. The van der Waals surface area contributed by atoms with Gasteiger partial charge in [-0.25, -0.2) is 0 Å². The number of ether oxygens (including phenoxy) is 4. The minimum absolute atomic E-state index is 0.0199. The van der Waals surface area contributed by atoms with E-state index in [-0.39, 0.29) is 46.0 Å². The Morgan fingerprint density at radius 2 is 0.793 bits per heavy atom. The van der Waals surface area contributed by atoms with Crippen molar-refractivity contribution >= 4 is 31.4 Å². The second kappa shape index (κ2) is 9.59. The molecule has 0 aliphatic heterocycles. The van der Waals surface area contributed by atoms with Crippen LogP contribution in [0.1, 0.15) is 11.1 Å². The normalized spacial score (nSPS) is 10.7. The van der Waals surface area contributed by atoms with Gasteiger partial charge in [0.2, 0.25) is 23.0 Å². The standard InChI is InChI=1S/C18H22O8S3/c1-7-9(19)13(23-3)15(25-5)11(21)17(7)27-29-28-18-8(2)10(20)14(24-4)16(26-6)12(18)22/h19-22H,1-6H3. The van der Waals surface area contributed by atoms with Crippen LogP contribution in [0.15, 0.2) is 9.79 Å². The van der Waals surface area contributed by atoms with E-state index in [1.54, 1.807) is 13.8 Å². The van der Waals surface area contributed by atoms with Crippen molar-refractivity contribution in [1.29, 1.82) is 0 Å². The number of phenols is 4. The summed E-state index contributed by atoms with van der Waals surface area (Å²) in [6.07, 6.45) is 0. The lowest BCUT2D eigenvalue weighted by molar-refractivity contribution is 0.311. The first-order chi connectivity index (χ1) is 13.7. The van der Waals surface area contributed by atoms with Crippen LogP contribution in [-0.2, 0) is 0 Å². The zero-order chi connectivity index (χ0) is 21.9. The number of rotatable bonds is 8. The highest BCUT2D eigenvalue weighted by Gasteiger charge is 2.26. The number of hydrogen-bond acceptors (Lipinski definition) is 11. The molecule has 2 aromatic carbocycles.